The highest BCUT2D eigenvalue weighted by molar-refractivity contribution is 6.00. The molecule has 6 heteroatoms. The van der Waals surface area contributed by atoms with Gasteiger partial charge in [0.25, 0.3) is 5.78 Å². The van der Waals surface area contributed by atoms with E-state index in [1.807, 2.05) is 0 Å². The maximum absolute atomic E-state index is 12.9. The quantitative estimate of drug-likeness (QED) is 0.535. The molecule has 0 aliphatic carbocycles. The predicted octanol–water partition coefficient (Wildman–Crippen LogP) is 2.44. The molecule has 15 heavy (non-hydrogen) atoms. The van der Waals surface area contributed by atoms with Crippen LogP contribution in [0.4, 0.5) is 17.6 Å². The molecule has 0 radical (unpaired) electrons. The molecule has 0 aliphatic rings. The fourth-order valence-electron chi connectivity index (χ4n) is 0.911. The van der Waals surface area contributed by atoms with Gasteiger partial charge in [-0.2, -0.15) is 18.4 Å². The molecule has 0 saturated heterocycles. The molecule has 0 bridgehead atoms. The molecule has 1 aromatic rings. The van der Waals surface area contributed by atoms with Crippen LogP contribution in [-0.4, -0.2) is 12.0 Å². The van der Waals surface area contributed by atoms with Gasteiger partial charge in [-0.05, 0) is 18.2 Å². The summed E-state index contributed by atoms with van der Waals surface area (Å²) in [6.45, 7) is 0. The first kappa shape index (κ1) is 11.2. The van der Waals surface area contributed by atoms with E-state index in [1.165, 1.54) is 6.07 Å². The van der Waals surface area contributed by atoms with Crippen molar-refractivity contribution in [3.05, 3.63) is 35.1 Å². The number of halogens is 4. The molecule has 1 aromatic carbocycles. The molecule has 0 N–H and O–H groups in total. The van der Waals surface area contributed by atoms with Crippen molar-refractivity contribution in [1.29, 1.82) is 5.26 Å². The number of ketones is 1. The lowest BCUT2D eigenvalue weighted by molar-refractivity contribution is -0.0885. The van der Waals surface area contributed by atoms with Gasteiger partial charge in [0.1, 0.15) is 11.9 Å². The smallest absolute Gasteiger partial charge is 0.284 e. The van der Waals surface area contributed by atoms with Crippen LogP contribution in [0, 0.1) is 17.1 Å². The summed E-state index contributed by atoms with van der Waals surface area (Å²) >= 11 is 0. The summed E-state index contributed by atoms with van der Waals surface area (Å²) in [5, 5.41) is 8.31. The summed E-state index contributed by atoms with van der Waals surface area (Å²) in [6.07, 6.45) is -5.04. The highest BCUT2D eigenvalue weighted by Gasteiger charge is 2.39. The minimum atomic E-state index is -5.04. The van der Waals surface area contributed by atoms with Gasteiger partial charge in [0.15, 0.2) is 0 Å². The number of benzene rings is 1. The van der Waals surface area contributed by atoms with E-state index in [0.717, 1.165) is 12.1 Å². The van der Waals surface area contributed by atoms with Crippen molar-refractivity contribution in [3.8, 4) is 6.07 Å². The third-order valence-corrected chi connectivity index (χ3v) is 1.61. The third-order valence-electron chi connectivity index (χ3n) is 1.61. The molecule has 0 fully saturated rings. The van der Waals surface area contributed by atoms with E-state index in [4.69, 9.17) is 5.26 Å². The van der Waals surface area contributed by atoms with Gasteiger partial charge < -0.3 is 0 Å². The Balaban J connectivity index is 3.15. The first-order valence-electron chi connectivity index (χ1n) is 3.67. The van der Waals surface area contributed by atoms with Gasteiger partial charge in [0.2, 0.25) is 0 Å². The largest absolute Gasteiger partial charge is 0.454 e. The highest BCUT2D eigenvalue weighted by atomic mass is 19.4. The molecular formula is C9H3F4NO. The van der Waals surface area contributed by atoms with Crippen LogP contribution < -0.4 is 0 Å². The number of nitrogens with zero attached hydrogens (tertiary/aromatic N) is 1. The number of nitriles is 1. The Bertz CT molecular complexity index is 444. The van der Waals surface area contributed by atoms with Crippen molar-refractivity contribution < 1.29 is 22.4 Å². The Morgan fingerprint density at radius 1 is 1.33 bits per heavy atom. The SMILES string of the molecule is N#Cc1ccc(C(=O)C(F)(F)F)cc1F. The van der Waals surface area contributed by atoms with E-state index in [9.17, 15) is 22.4 Å². The van der Waals surface area contributed by atoms with Gasteiger partial charge in [-0.25, -0.2) is 4.39 Å². The standard InChI is InChI=1S/C9H3F4NO/c10-7-3-5(1-2-6(7)4-14)8(15)9(11,12)13/h1-3H. The zero-order valence-corrected chi connectivity index (χ0v) is 7.10. The Morgan fingerprint density at radius 2 is 1.93 bits per heavy atom. The fourth-order valence-corrected chi connectivity index (χ4v) is 0.911. The third kappa shape index (κ3) is 2.31. The summed E-state index contributed by atoms with van der Waals surface area (Å²) in [4.78, 5) is 10.6. The molecule has 1 rings (SSSR count). The van der Waals surface area contributed by atoms with Crippen molar-refractivity contribution in [1.82, 2.24) is 0 Å². The molecule has 0 amide bonds. The van der Waals surface area contributed by atoms with Gasteiger partial charge in [-0.1, -0.05) is 0 Å². The second-order valence-corrected chi connectivity index (χ2v) is 2.63. The predicted molar refractivity (Wildman–Crippen MR) is 41.5 cm³/mol. The average Bonchev–Trinajstić information content (AvgIpc) is 2.15. The van der Waals surface area contributed by atoms with Crippen molar-refractivity contribution in [2.75, 3.05) is 0 Å². The maximum atomic E-state index is 12.9. The number of carbonyl (C=O) groups is 1. The molecule has 0 atom stereocenters. The van der Waals surface area contributed by atoms with E-state index in [1.54, 1.807) is 0 Å². The molecule has 0 aliphatic heterocycles. The van der Waals surface area contributed by atoms with Crippen LogP contribution in [0.2, 0.25) is 0 Å². The van der Waals surface area contributed by atoms with Crippen molar-refractivity contribution >= 4 is 5.78 Å². The summed E-state index contributed by atoms with van der Waals surface area (Å²) in [6, 6.07) is 3.42. The Kier molecular flexibility index (Phi) is 2.75. The van der Waals surface area contributed by atoms with Crippen LogP contribution in [-0.2, 0) is 0 Å². The minimum absolute atomic E-state index is 0.397. The normalized spacial score (nSPS) is 10.9. The van der Waals surface area contributed by atoms with Crippen LogP contribution in [0.15, 0.2) is 18.2 Å². The first-order valence-corrected chi connectivity index (χ1v) is 3.67. The molecule has 0 aromatic heterocycles. The molecule has 78 valence electrons. The van der Waals surface area contributed by atoms with Crippen molar-refractivity contribution in [2.24, 2.45) is 0 Å². The Morgan fingerprint density at radius 3 is 2.33 bits per heavy atom. The summed E-state index contributed by atoms with van der Waals surface area (Å²) in [7, 11) is 0. The van der Waals surface area contributed by atoms with Crippen LogP contribution >= 0.6 is 0 Å². The molecular weight excluding hydrogens is 214 g/mol. The number of rotatable bonds is 1. The van der Waals surface area contributed by atoms with Gasteiger partial charge in [0, 0.05) is 5.56 Å². The lowest BCUT2D eigenvalue weighted by Gasteiger charge is -2.04. The molecule has 0 unspecified atom stereocenters. The van der Waals surface area contributed by atoms with Gasteiger partial charge in [0.05, 0.1) is 5.56 Å². The van der Waals surface area contributed by atoms with E-state index in [0.29, 0.717) is 6.07 Å². The topological polar surface area (TPSA) is 40.9 Å². The van der Waals surface area contributed by atoms with E-state index < -0.39 is 28.9 Å². The van der Waals surface area contributed by atoms with Gasteiger partial charge in [-0.15, -0.1) is 0 Å². The summed E-state index contributed by atoms with van der Waals surface area (Å²) < 4.78 is 48.6. The molecule has 0 heterocycles. The summed E-state index contributed by atoms with van der Waals surface area (Å²) in [5.41, 5.74) is -1.23. The maximum Gasteiger partial charge on any atom is 0.454 e. The van der Waals surface area contributed by atoms with E-state index in [2.05, 4.69) is 0 Å². The Labute approximate surface area is 81.7 Å². The van der Waals surface area contributed by atoms with Crippen LogP contribution in [0.3, 0.4) is 0 Å². The molecule has 2 nitrogen and oxygen atoms in total. The second kappa shape index (κ2) is 3.69. The molecule has 0 spiro atoms. The zero-order valence-electron chi connectivity index (χ0n) is 7.10. The zero-order chi connectivity index (χ0) is 11.6. The number of hydrogen-bond acceptors (Lipinski definition) is 2. The lowest BCUT2D eigenvalue weighted by atomic mass is 10.1. The van der Waals surface area contributed by atoms with Crippen molar-refractivity contribution in [3.63, 3.8) is 0 Å². The van der Waals surface area contributed by atoms with Crippen LogP contribution in [0.1, 0.15) is 15.9 Å². The minimum Gasteiger partial charge on any atom is -0.284 e. The number of Topliss-reactive ketones (excluding diaryl/α,β-unsaturated/α-hetero) is 1. The van der Waals surface area contributed by atoms with Crippen LogP contribution in [0.25, 0.3) is 0 Å². The lowest BCUT2D eigenvalue weighted by Crippen LogP contribution is -2.22. The van der Waals surface area contributed by atoms with Gasteiger partial charge in [-0.3, -0.25) is 4.79 Å². The first-order chi connectivity index (χ1) is 6.86. The number of alkyl halides is 3. The van der Waals surface area contributed by atoms with E-state index in [-0.39, 0.29) is 0 Å². The highest BCUT2D eigenvalue weighted by Crippen LogP contribution is 2.22. The number of hydrogen-bond donors (Lipinski definition) is 0. The summed E-state index contributed by atoms with van der Waals surface area (Å²) in [5.74, 6) is -3.28. The molecule has 0 saturated carbocycles. The van der Waals surface area contributed by atoms with Gasteiger partial charge >= 0.3 is 6.18 Å². The average molecular weight is 217 g/mol. The second-order valence-electron chi connectivity index (χ2n) is 2.63. The fraction of sp³-hybridized carbons (Fsp3) is 0.111. The van der Waals surface area contributed by atoms with Crippen molar-refractivity contribution in [2.45, 2.75) is 6.18 Å². The number of carbonyl (C=O) groups excluding carboxylic acids is 1. The van der Waals surface area contributed by atoms with Crippen LogP contribution in [0.5, 0.6) is 0 Å². The Hall–Kier alpha value is -1.90. The monoisotopic (exact) mass is 217 g/mol. The van der Waals surface area contributed by atoms with E-state index >= 15 is 0 Å².